The molecule has 1 aliphatic carbocycles. The Morgan fingerprint density at radius 1 is 1.06 bits per heavy atom. The molecule has 0 radical (unpaired) electrons. The Morgan fingerprint density at radius 3 is 2.06 bits per heavy atom. The monoisotopic (exact) mass is 276 g/mol. The molecule has 2 rings (SSSR count). The predicted octanol–water partition coefficient (Wildman–Crippen LogP) is 5.05. The molecule has 0 amide bonds. The van der Waals surface area contributed by atoms with Crippen molar-refractivity contribution in [2.75, 3.05) is 5.88 Å². The molecule has 1 aliphatic rings. The minimum Gasteiger partial charge on any atom is -0.166 e. The highest BCUT2D eigenvalue weighted by atomic mass is 35.5. The smallest absolute Gasteiger partial charge is 0.166 e. The van der Waals surface area contributed by atoms with Crippen LogP contribution in [0.5, 0.6) is 0 Å². The second kappa shape index (κ2) is 5.12. The molecule has 1 saturated carbocycles. The molecule has 0 atom stereocenters. The lowest BCUT2D eigenvalue weighted by atomic mass is 9.82. The number of alkyl halides is 4. The minimum absolute atomic E-state index is 0.0985. The van der Waals surface area contributed by atoms with Crippen LogP contribution in [0.2, 0.25) is 0 Å². The Balaban J connectivity index is 2.11. The van der Waals surface area contributed by atoms with E-state index in [9.17, 15) is 13.2 Å². The van der Waals surface area contributed by atoms with E-state index in [-0.39, 0.29) is 5.41 Å². The largest absolute Gasteiger partial charge is 0.416 e. The summed E-state index contributed by atoms with van der Waals surface area (Å²) in [6, 6.07) is 5.48. The van der Waals surface area contributed by atoms with Crippen LogP contribution in [0.25, 0.3) is 0 Å². The lowest BCUT2D eigenvalue weighted by Gasteiger charge is -2.26. The maximum Gasteiger partial charge on any atom is 0.416 e. The summed E-state index contributed by atoms with van der Waals surface area (Å²) < 4.78 is 37.3. The lowest BCUT2D eigenvalue weighted by Crippen LogP contribution is -2.21. The zero-order chi connectivity index (χ0) is 13.2. The third kappa shape index (κ3) is 3.00. The van der Waals surface area contributed by atoms with Gasteiger partial charge in [-0.2, -0.15) is 13.2 Å². The molecule has 0 heterocycles. The van der Waals surface area contributed by atoms with E-state index in [4.69, 9.17) is 11.6 Å². The Hall–Kier alpha value is -0.700. The highest BCUT2D eigenvalue weighted by Crippen LogP contribution is 2.42. The van der Waals surface area contributed by atoms with Crippen LogP contribution in [-0.2, 0) is 12.6 Å². The molecule has 1 aromatic rings. The van der Waals surface area contributed by atoms with Gasteiger partial charge in [-0.25, -0.2) is 0 Å². The third-order valence-electron chi connectivity index (χ3n) is 3.81. The van der Waals surface area contributed by atoms with E-state index in [1.165, 1.54) is 12.8 Å². The molecule has 1 fully saturated rings. The van der Waals surface area contributed by atoms with Gasteiger partial charge in [0.05, 0.1) is 5.56 Å². The van der Waals surface area contributed by atoms with E-state index in [0.29, 0.717) is 5.88 Å². The van der Waals surface area contributed by atoms with Gasteiger partial charge in [0.15, 0.2) is 0 Å². The van der Waals surface area contributed by atoms with E-state index in [1.54, 1.807) is 12.1 Å². The van der Waals surface area contributed by atoms with Crippen molar-refractivity contribution < 1.29 is 13.2 Å². The Kier molecular flexibility index (Phi) is 3.90. The number of hydrogen-bond acceptors (Lipinski definition) is 0. The minimum atomic E-state index is -4.25. The van der Waals surface area contributed by atoms with Gasteiger partial charge in [-0.3, -0.25) is 0 Å². The second-order valence-corrected chi connectivity index (χ2v) is 5.48. The maximum absolute atomic E-state index is 12.4. The molecule has 0 bridgehead atoms. The fourth-order valence-corrected chi connectivity index (χ4v) is 3.09. The summed E-state index contributed by atoms with van der Waals surface area (Å²) in [7, 11) is 0. The Bertz CT molecular complexity index is 388. The number of hydrogen-bond donors (Lipinski definition) is 0. The predicted molar refractivity (Wildman–Crippen MR) is 66.8 cm³/mol. The molecule has 1 aromatic carbocycles. The first-order chi connectivity index (χ1) is 8.45. The summed E-state index contributed by atoms with van der Waals surface area (Å²) in [5, 5.41) is 0. The molecule has 4 heteroatoms. The summed E-state index contributed by atoms with van der Waals surface area (Å²) in [5.41, 5.74) is 0.463. The zero-order valence-corrected chi connectivity index (χ0v) is 10.8. The topological polar surface area (TPSA) is 0 Å². The van der Waals surface area contributed by atoms with Crippen molar-refractivity contribution in [3.05, 3.63) is 35.4 Å². The summed E-state index contributed by atoms with van der Waals surface area (Å²) in [5.74, 6) is 0.591. The quantitative estimate of drug-likeness (QED) is 0.678. The van der Waals surface area contributed by atoms with Gasteiger partial charge >= 0.3 is 6.18 Å². The summed E-state index contributed by atoms with van der Waals surface area (Å²) in [6.45, 7) is 0. The molecule has 0 aromatic heterocycles. The molecular formula is C14H16ClF3. The third-order valence-corrected chi connectivity index (χ3v) is 4.38. The van der Waals surface area contributed by atoms with Crippen LogP contribution in [0, 0.1) is 5.41 Å². The van der Waals surface area contributed by atoms with Gasteiger partial charge in [0.2, 0.25) is 0 Å². The first-order valence-electron chi connectivity index (χ1n) is 6.17. The average Bonchev–Trinajstić information content (AvgIpc) is 2.78. The van der Waals surface area contributed by atoms with Crippen molar-refractivity contribution in [2.24, 2.45) is 5.41 Å². The van der Waals surface area contributed by atoms with Crippen molar-refractivity contribution in [2.45, 2.75) is 38.3 Å². The van der Waals surface area contributed by atoms with Gasteiger partial charge < -0.3 is 0 Å². The first kappa shape index (κ1) is 13.7. The highest BCUT2D eigenvalue weighted by Gasteiger charge is 2.34. The average molecular weight is 277 g/mol. The number of rotatable bonds is 3. The Labute approximate surface area is 110 Å². The normalized spacial score (nSPS) is 19.1. The molecule has 0 N–H and O–H groups in total. The van der Waals surface area contributed by atoms with Crippen LogP contribution < -0.4 is 0 Å². The fraction of sp³-hybridized carbons (Fsp3) is 0.571. The fourth-order valence-electron chi connectivity index (χ4n) is 2.73. The van der Waals surface area contributed by atoms with Crippen LogP contribution in [0.3, 0.4) is 0 Å². The first-order valence-corrected chi connectivity index (χ1v) is 6.71. The van der Waals surface area contributed by atoms with Crippen molar-refractivity contribution in [3.63, 3.8) is 0 Å². The zero-order valence-electron chi connectivity index (χ0n) is 10.1. The lowest BCUT2D eigenvalue weighted by molar-refractivity contribution is -0.137. The second-order valence-electron chi connectivity index (χ2n) is 5.21. The maximum atomic E-state index is 12.4. The van der Waals surface area contributed by atoms with Crippen LogP contribution in [0.1, 0.15) is 36.8 Å². The van der Waals surface area contributed by atoms with Crippen molar-refractivity contribution in [1.82, 2.24) is 0 Å². The van der Waals surface area contributed by atoms with Crippen LogP contribution in [0.15, 0.2) is 24.3 Å². The van der Waals surface area contributed by atoms with E-state index in [1.807, 2.05) is 0 Å². The molecule has 18 heavy (non-hydrogen) atoms. The van der Waals surface area contributed by atoms with Crippen molar-refractivity contribution >= 4 is 11.6 Å². The van der Waals surface area contributed by atoms with Crippen LogP contribution in [0.4, 0.5) is 13.2 Å². The van der Waals surface area contributed by atoms with E-state index in [0.717, 1.165) is 37.0 Å². The van der Waals surface area contributed by atoms with Gasteiger partial charge in [-0.05, 0) is 42.4 Å². The van der Waals surface area contributed by atoms with E-state index in [2.05, 4.69) is 0 Å². The van der Waals surface area contributed by atoms with E-state index < -0.39 is 11.7 Å². The summed E-state index contributed by atoms with van der Waals surface area (Å²) in [4.78, 5) is 0. The van der Waals surface area contributed by atoms with Gasteiger partial charge in [0.1, 0.15) is 0 Å². The Morgan fingerprint density at radius 2 is 1.61 bits per heavy atom. The van der Waals surface area contributed by atoms with E-state index >= 15 is 0 Å². The van der Waals surface area contributed by atoms with Crippen molar-refractivity contribution in [3.8, 4) is 0 Å². The molecule has 0 saturated heterocycles. The highest BCUT2D eigenvalue weighted by molar-refractivity contribution is 6.18. The molecule has 0 spiro atoms. The van der Waals surface area contributed by atoms with Crippen LogP contribution >= 0.6 is 11.6 Å². The van der Waals surface area contributed by atoms with Crippen LogP contribution in [-0.4, -0.2) is 5.88 Å². The number of benzene rings is 1. The molecule has 0 unspecified atom stereocenters. The van der Waals surface area contributed by atoms with Gasteiger partial charge in [-0.1, -0.05) is 25.0 Å². The molecule has 0 nitrogen and oxygen atoms in total. The molecule has 0 aliphatic heterocycles. The van der Waals surface area contributed by atoms with Gasteiger partial charge in [0, 0.05) is 5.88 Å². The standard InChI is InChI=1S/C14H16ClF3/c15-10-13(7-1-2-8-13)9-11-3-5-12(6-4-11)14(16,17)18/h3-6H,1-2,7-10H2. The van der Waals surface area contributed by atoms with Gasteiger partial charge in [-0.15, -0.1) is 11.6 Å². The van der Waals surface area contributed by atoms with Gasteiger partial charge in [0.25, 0.3) is 0 Å². The summed E-state index contributed by atoms with van der Waals surface area (Å²) in [6.07, 6.45) is 1.04. The molecule has 100 valence electrons. The SMILES string of the molecule is FC(F)(F)c1ccc(CC2(CCl)CCCC2)cc1. The van der Waals surface area contributed by atoms with Crippen molar-refractivity contribution in [1.29, 1.82) is 0 Å². The number of halogens is 4. The summed E-state index contributed by atoms with van der Waals surface area (Å²) >= 11 is 6.04. The molecular weight excluding hydrogens is 261 g/mol.